The van der Waals surface area contributed by atoms with Crippen LogP contribution in [0.5, 0.6) is 5.75 Å². The highest BCUT2D eigenvalue weighted by atomic mass is 16.6. The normalized spacial score (nSPS) is 11.8. The van der Waals surface area contributed by atoms with Crippen LogP contribution < -0.4 is 4.74 Å². The van der Waals surface area contributed by atoms with Crippen molar-refractivity contribution in [2.45, 2.75) is 13.0 Å². The number of hydrogen-bond acceptors (Lipinski definition) is 5. The third kappa shape index (κ3) is 4.12. The standard InChI is InChI=1S/C12H10N2O5/c1-8(7-13)19-11-4-3-10(14(17)18)6-9(11)2-5-12(15)16/h2-6,8H,1H3,(H,15,16). The van der Waals surface area contributed by atoms with Crippen molar-refractivity contribution in [2.75, 3.05) is 0 Å². The van der Waals surface area contributed by atoms with Crippen molar-refractivity contribution >= 4 is 17.7 Å². The van der Waals surface area contributed by atoms with E-state index in [1.165, 1.54) is 31.2 Å². The number of ether oxygens (including phenoxy) is 1. The Morgan fingerprint density at radius 3 is 2.84 bits per heavy atom. The van der Waals surface area contributed by atoms with Crippen molar-refractivity contribution in [3.63, 3.8) is 0 Å². The third-order valence-corrected chi connectivity index (χ3v) is 2.10. The van der Waals surface area contributed by atoms with Gasteiger partial charge >= 0.3 is 5.97 Å². The molecule has 0 aliphatic carbocycles. The van der Waals surface area contributed by atoms with E-state index < -0.39 is 17.0 Å². The summed E-state index contributed by atoms with van der Waals surface area (Å²) in [6, 6.07) is 5.57. The fourth-order valence-corrected chi connectivity index (χ4v) is 1.26. The molecule has 0 aromatic heterocycles. The highest BCUT2D eigenvalue weighted by Gasteiger charge is 2.12. The van der Waals surface area contributed by atoms with Gasteiger partial charge in [-0.1, -0.05) is 0 Å². The number of aliphatic carboxylic acids is 1. The number of carboxylic acids is 1. The number of nitrogens with zero attached hydrogens (tertiary/aromatic N) is 2. The first-order valence-electron chi connectivity index (χ1n) is 5.19. The van der Waals surface area contributed by atoms with E-state index in [1.807, 2.05) is 6.07 Å². The minimum Gasteiger partial charge on any atom is -0.478 e. The number of nitro benzene ring substituents is 1. The molecule has 0 spiro atoms. The van der Waals surface area contributed by atoms with Crippen molar-refractivity contribution in [3.05, 3.63) is 40.0 Å². The van der Waals surface area contributed by atoms with Crippen LogP contribution in [0.3, 0.4) is 0 Å². The lowest BCUT2D eigenvalue weighted by Crippen LogP contribution is -2.09. The summed E-state index contributed by atoms with van der Waals surface area (Å²) in [5.74, 6) is -0.983. The molecule has 7 heteroatoms. The second-order valence-electron chi connectivity index (χ2n) is 3.54. The lowest BCUT2D eigenvalue weighted by molar-refractivity contribution is -0.384. The van der Waals surface area contributed by atoms with Crippen molar-refractivity contribution in [2.24, 2.45) is 0 Å². The predicted octanol–water partition coefficient (Wildman–Crippen LogP) is 1.98. The van der Waals surface area contributed by atoms with Crippen LogP contribution in [-0.2, 0) is 4.79 Å². The predicted molar refractivity (Wildman–Crippen MR) is 65.5 cm³/mol. The molecule has 0 fully saturated rings. The van der Waals surface area contributed by atoms with Crippen molar-refractivity contribution in [1.82, 2.24) is 0 Å². The lowest BCUT2D eigenvalue weighted by atomic mass is 10.1. The summed E-state index contributed by atoms with van der Waals surface area (Å²) < 4.78 is 5.23. The Labute approximate surface area is 108 Å². The molecule has 0 aliphatic rings. The fraction of sp³-hybridized carbons (Fsp3) is 0.167. The molecule has 0 saturated heterocycles. The molecule has 1 atom stereocenters. The maximum Gasteiger partial charge on any atom is 0.328 e. The zero-order valence-electron chi connectivity index (χ0n) is 9.94. The topological polar surface area (TPSA) is 113 Å². The first-order valence-corrected chi connectivity index (χ1v) is 5.19. The summed E-state index contributed by atoms with van der Waals surface area (Å²) in [6.45, 7) is 1.51. The molecule has 19 heavy (non-hydrogen) atoms. The van der Waals surface area contributed by atoms with E-state index in [0.29, 0.717) is 0 Å². The smallest absolute Gasteiger partial charge is 0.328 e. The molecule has 0 bridgehead atoms. The highest BCUT2D eigenvalue weighted by molar-refractivity contribution is 5.86. The number of non-ortho nitro benzene ring substituents is 1. The molecule has 98 valence electrons. The van der Waals surface area contributed by atoms with E-state index >= 15 is 0 Å². The first-order chi connectivity index (χ1) is 8.93. The molecule has 7 nitrogen and oxygen atoms in total. The monoisotopic (exact) mass is 262 g/mol. The number of rotatable bonds is 5. The second kappa shape index (κ2) is 6.16. The molecule has 0 heterocycles. The van der Waals surface area contributed by atoms with Gasteiger partial charge in [-0.3, -0.25) is 10.1 Å². The van der Waals surface area contributed by atoms with Gasteiger partial charge in [0, 0.05) is 23.8 Å². The van der Waals surface area contributed by atoms with Crippen molar-refractivity contribution in [3.8, 4) is 11.8 Å². The van der Waals surface area contributed by atoms with Crippen LogP contribution in [0, 0.1) is 21.4 Å². The maximum absolute atomic E-state index is 10.7. The van der Waals surface area contributed by atoms with E-state index in [1.54, 1.807) is 0 Å². The van der Waals surface area contributed by atoms with Crippen LogP contribution >= 0.6 is 0 Å². The Morgan fingerprint density at radius 1 is 1.63 bits per heavy atom. The van der Waals surface area contributed by atoms with Gasteiger partial charge in [0.05, 0.1) is 4.92 Å². The molecule has 1 aromatic rings. The molecule has 1 N–H and O–H groups in total. The Bertz CT molecular complexity index is 574. The van der Waals surface area contributed by atoms with Gasteiger partial charge < -0.3 is 9.84 Å². The summed E-state index contributed by atoms with van der Waals surface area (Å²) in [4.78, 5) is 20.5. The number of benzene rings is 1. The van der Waals surface area contributed by atoms with E-state index in [0.717, 1.165) is 6.08 Å². The van der Waals surface area contributed by atoms with Crippen LogP contribution in [0.4, 0.5) is 5.69 Å². The summed E-state index contributed by atoms with van der Waals surface area (Å²) in [5.41, 5.74) is 0.0284. The maximum atomic E-state index is 10.7. The van der Waals surface area contributed by atoms with Crippen LogP contribution in [0.15, 0.2) is 24.3 Å². The third-order valence-electron chi connectivity index (χ3n) is 2.10. The Hall–Kier alpha value is -2.88. The lowest BCUT2D eigenvalue weighted by Gasteiger charge is -2.10. The summed E-state index contributed by atoms with van der Waals surface area (Å²) in [5, 5.41) is 27.9. The van der Waals surface area contributed by atoms with Crippen LogP contribution in [0.1, 0.15) is 12.5 Å². The second-order valence-corrected chi connectivity index (χ2v) is 3.54. The quantitative estimate of drug-likeness (QED) is 0.493. The highest BCUT2D eigenvalue weighted by Crippen LogP contribution is 2.26. The van der Waals surface area contributed by atoms with Gasteiger partial charge in [-0.05, 0) is 19.1 Å². The average molecular weight is 262 g/mol. The van der Waals surface area contributed by atoms with E-state index in [2.05, 4.69) is 0 Å². The summed E-state index contributed by atoms with van der Waals surface area (Å²) >= 11 is 0. The van der Waals surface area contributed by atoms with E-state index in [9.17, 15) is 14.9 Å². The van der Waals surface area contributed by atoms with Gasteiger partial charge in [-0.25, -0.2) is 4.79 Å². The van der Waals surface area contributed by atoms with Gasteiger partial charge in [0.2, 0.25) is 0 Å². The average Bonchev–Trinajstić information content (AvgIpc) is 2.36. The molecule has 0 saturated carbocycles. The summed E-state index contributed by atoms with van der Waals surface area (Å²) in [6.07, 6.45) is 1.26. The first kappa shape index (κ1) is 14.2. The van der Waals surface area contributed by atoms with E-state index in [-0.39, 0.29) is 17.0 Å². The molecule has 0 amide bonds. The Morgan fingerprint density at radius 2 is 2.32 bits per heavy atom. The van der Waals surface area contributed by atoms with Gasteiger partial charge in [0.15, 0.2) is 6.10 Å². The number of carboxylic acid groups (broad SMARTS) is 1. The summed E-state index contributed by atoms with van der Waals surface area (Å²) in [7, 11) is 0. The van der Waals surface area contributed by atoms with Crippen LogP contribution in [0.2, 0.25) is 0 Å². The fourth-order valence-electron chi connectivity index (χ4n) is 1.26. The van der Waals surface area contributed by atoms with Gasteiger partial charge in [-0.15, -0.1) is 0 Å². The van der Waals surface area contributed by atoms with Gasteiger partial charge in [0.1, 0.15) is 11.8 Å². The van der Waals surface area contributed by atoms with Gasteiger partial charge in [0.25, 0.3) is 5.69 Å². The largest absolute Gasteiger partial charge is 0.478 e. The molecular formula is C12H10N2O5. The van der Waals surface area contributed by atoms with Gasteiger partial charge in [-0.2, -0.15) is 5.26 Å². The molecule has 0 aliphatic heterocycles. The number of nitriles is 1. The number of carbonyl (C=O) groups is 1. The molecule has 1 aromatic carbocycles. The SMILES string of the molecule is CC(C#N)Oc1ccc([N+](=O)[O-])cc1C=CC(=O)O. The Kier molecular flexibility index (Phi) is 4.60. The van der Waals surface area contributed by atoms with Crippen molar-refractivity contribution in [1.29, 1.82) is 5.26 Å². The van der Waals surface area contributed by atoms with Crippen molar-refractivity contribution < 1.29 is 19.6 Å². The number of nitro groups is 1. The molecule has 1 unspecified atom stereocenters. The zero-order valence-corrected chi connectivity index (χ0v) is 9.94. The minimum absolute atomic E-state index is 0.193. The molecular weight excluding hydrogens is 252 g/mol. The Balaban J connectivity index is 3.18. The number of hydrogen-bond donors (Lipinski definition) is 1. The molecule has 0 radical (unpaired) electrons. The minimum atomic E-state index is -1.19. The van der Waals surface area contributed by atoms with Crippen LogP contribution in [0.25, 0.3) is 6.08 Å². The van der Waals surface area contributed by atoms with Crippen LogP contribution in [-0.4, -0.2) is 22.1 Å². The van der Waals surface area contributed by atoms with E-state index in [4.69, 9.17) is 15.1 Å². The zero-order chi connectivity index (χ0) is 14.4. The molecule has 1 rings (SSSR count).